The molecule has 6 heterocycles. The van der Waals surface area contributed by atoms with Crippen LogP contribution in [-0.4, -0.2) is 52.1 Å². The summed E-state index contributed by atoms with van der Waals surface area (Å²) in [6.45, 7) is 3.96. The van der Waals surface area contributed by atoms with Gasteiger partial charge in [-0.25, -0.2) is 9.50 Å². The Morgan fingerprint density at radius 2 is 2.08 bits per heavy atom. The molecule has 38 heavy (non-hydrogen) atoms. The van der Waals surface area contributed by atoms with Crippen molar-refractivity contribution in [3.63, 3.8) is 0 Å². The largest absolute Gasteiger partial charge is 0.433 e. The van der Waals surface area contributed by atoms with Crippen LogP contribution in [0.3, 0.4) is 0 Å². The van der Waals surface area contributed by atoms with E-state index < -0.39 is 23.8 Å². The van der Waals surface area contributed by atoms with Crippen molar-refractivity contribution < 1.29 is 22.4 Å². The summed E-state index contributed by atoms with van der Waals surface area (Å²) in [6, 6.07) is 8.03. The van der Waals surface area contributed by atoms with Crippen LogP contribution >= 0.6 is 0 Å². The number of nitrogens with one attached hydrogen (secondary N) is 1. The first-order valence-corrected chi connectivity index (χ1v) is 11.6. The number of aromatic amines is 1. The minimum atomic E-state index is -4.61. The summed E-state index contributed by atoms with van der Waals surface area (Å²) >= 11 is 0. The molecule has 0 bridgehead atoms. The summed E-state index contributed by atoms with van der Waals surface area (Å²) < 4.78 is 47.4. The second-order valence-electron chi connectivity index (χ2n) is 8.65. The van der Waals surface area contributed by atoms with Gasteiger partial charge in [-0.1, -0.05) is 18.2 Å². The Kier molecular flexibility index (Phi) is 5.55. The van der Waals surface area contributed by atoms with E-state index in [0.717, 1.165) is 21.8 Å². The lowest BCUT2D eigenvalue weighted by molar-refractivity contribution is -0.142. The molecule has 0 unspecified atom stereocenters. The smallest absolute Gasteiger partial charge is 0.411 e. The van der Waals surface area contributed by atoms with Crippen molar-refractivity contribution >= 4 is 11.4 Å². The molecule has 192 valence electrons. The number of fused-ring (bicyclic) bond motifs is 2. The maximum absolute atomic E-state index is 13.7. The van der Waals surface area contributed by atoms with Gasteiger partial charge in [0.05, 0.1) is 23.2 Å². The summed E-state index contributed by atoms with van der Waals surface area (Å²) in [5.41, 5.74) is 2.01. The molecule has 0 saturated heterocycles. The lowest BCUT2D eigenvalue weighted by atomic mass is 9.99. The predicted octanol–water partition coefficient (Wildman–Crippen LogP) is 4.04. The average Bonchev–Trinajstić information content (AvgIpc) is 3.66. The van der Waals surface area contributed by atoms with E-state index in [9.17, 15) is 18.0 Å². The monoisotopic (exact) mass is 520 g/mol. The fraction of sp³-hybridized carbons (Fsp3) is 0.200. The van der Waals surface area contributed by atoms with Crippen LogP contribution in [0.5, 0.6) is 0 Å². The van der Waals surface area contributed by atoms with Gasteiger partial charge in [0, 0.05) is 24.9 Å². The number of pyridine rings is 2. The first kappa shape index (κ1) is 23.6. The van der Waals surface area contributed by atoms with Gasteiger partial charge in [-0.2, -0.15) is 18.3 Å². The second kappa shape index (κ2) is 8.94. The normalized spacial score (nSPS) is 15.6. The standard InChI is InChI=1S/C25H19F3N8O2/c1-2-5-14-6-4-10-29-19(14)22-32-33-23(38-22)24(37)35-11-9-16-20(31-13-30-16)21(35)17-12-15-7-3-8-18(25(26,27)28)36(15)34-17/h2-4,6-8,10,12-13,21H,1,5,9,11H2,(H,30,31)/t21-/m1/s1. The molecule has 10 nitrogen and oxygen atoms in total. The molecule has 0 fully saturated rings. The molecule has 0 aliphatic carbocycles. The number of alkyl halides is 3. The van der Waals surface area contributed by atoms with Crippen molar-refractivity contribution in [1.82, 2.24) is 39.7 Å². The van der Waals surface area contributed by atoms with Gasteiger partial charge >= 0.3 is 18.0 Å². The van der Waals surface area contributed by atoms with E-state index in [1.807, 2.05) is 6.07 Å². The second-order valence-corrected chi connectivity index (χ2v) is 8.65. The summed E-state index contributed by atoms with van der Waals surface area (Å²) in [6.07, 6.45) is 1.12. The fourth-order valence-electron chi connectivity index (χ4n) is 4.66. The highest BCUT2D eigenvalue weighted by molar-refractivity contribution is 5.90. The van der Waals surface area contributed by atoms with Crippen LogP contribution in [0.25, 0.3) is 17.1 Å². The van der Waals surface area contributed by atoms with Crippen LogP contribution in [0.15, 0.2) is 66.0 Å². The Morgan fingerprint density at radius 1 is 1.21 bits per heavy atom. The molecule has 5 aromatic heterocycles. The third kappa shape index (κ3) is 3.92. The Labute approximate surface area is 212 Å². The summed E-state index contributed by atoms with van der Waals surface area (Å²) in [4.78, 5) is 26.8. The molecule has 0 radical (unpaired) electrons. The van der Waals surface area contributed by atoms with Crippen molar-refractivity contribution in [2.45, 2.75) is 25.1 Å². The quantitative estimate of drug-likeness (QED) is 0.348. The maximum atomic E-state index is 13.7. The maximum Gasteiger partial charge on any atom is 0.433 e. The molecule has 1 aliphatic rings. The van der Waals surface area contributed by atoms with Gasteiger partial charge in [-0.05, 0) is 36.2 Å². The average molecular weight is 520 g/mol. The number of allylic oxidation sites excluding steroid dienone is 1. The topological polar surface area (TPSA) is 118 Å². The van der Waals surface area contributed by atoms with Crippen molar-refractivity contribution in [3.05, 3.63) is 95.8 Å². The number of hydrogen-bond acceptors (Lipinski definition) is 7. The van der Waals surface area contributed by atoms with Crippen LogP contribution in [0.1, 0.15) is 45.1 Å². The van der Waals surface area contributed by atoms with Crippen molar-refractivity contribution in [3.8, 4) is 11.6 Å². The highest BCUT2D eigenvalue weighted by Crippen LogP contribution is 2.36. The van der Waals surface area contributed by atoms with E-state index in [1.54, 1.807) is 18.3 Å². The summed E-state index contributed by atoms with van der Waals surface area (Å²) in [7, 11) is 0. The van der Waals surface area contributed by atoms with E-state index in [2.05, 4.69) is 36.8 Å². The van der Waals surface area contributed by atoms with Crippen LogP contribution in [-0.2, 0) is 19.0 Å². The molecule has 0 saturated carbocycles. The van der Waals surface area contributed by atoms with Gasteiger partial charge in [-0.15, -0.1) is 16.8 Å². The number of amides is 1. The number of carbonyl (C=O) groups is 1. The lowest BCUT2D eigenvalue weighted by Crippen LogP contribution is -2.41. The van der Waals surface area contributed by atoms with Crippen molar-refractivity contribution in [1.29, 1.82) is 0 Å². The van der Waals surface area contributed by atoms with Crippen LogP contribution < -0.4 is 0 Å². The molecule has 0 spiro atoms. The first-order valence-electron chi connectivity index (χ1n) is 11.6. The highest BCUT2D eigenvalue weighted by Gasteiger charge is 2.39. The summed E-state index contributed by atoms with van der Waals surface area (Å²) in [5, 5.41) is 12.2. The highest BCUT2D eigenvalue weighted by atomic mass is 19.4. The molecule has 1 aliphatic heterocycles. The molecule has 13 heteroatoms. The molecule has 1 amide bonds. The number of aromatic nitrogens is 7. The minimum Gasteiger partial charge on any atom is -0.411 e. The van der Waals surface area contributed by atoms with E-state index in [0.29, 0.717) is 24.2 Å². The number of carbonyl (C=O) groups excluding carboxylic acids is 1. The number of H-pyrrole nitrogens is 1. The Balaban J connectivity index is 1.40. The molecular formula is C25H19F3N8O2. The molecular weight excluding hydrogens is 501 g/mol. The Hall–Kier alpha value is -4.81. The lowest BCUT2D eigenvalue weighted by Gasteiger charge is -2.32. The SMILES string of the molecule is C=CCc1cccnc1-c1nnc(C(=O)N2CCc3[nH]cnc3[C@H]2c2cc3cccc(C(F)(F)F)n3n2)o1. The number of imidazole rings is 1. The van der Waals surface area contributed by atoms with Gasteiger partial charge in [0.1, 0.15) is 17.4 Å². The number of nitrogens with zero attached hydrogens (tertiary/aromatic N) is 7. The van der Waals surface area contributed by atoms with E-state index in [4.69, 9.17) is 4.42 Å². The molecule has 1 atom stereocenters. The minimum absolute atomic E-state index is 0.0716. The van der Waals surface area contributed by atoms with Crippen molar-refractivity contribution in [2.75, 3.05) is 6.54 Å². The number of hydrogen-bond donors (Lipinski definition) is 1. The zero-order valence-electron chi connectivity index (χ0n) is 19.7. The molecule has 0 aromatic carbocycles. The first-order chi connectivity index (χ1) is 18.3. The van der Waals surface area contributed by atoms with Gasteiger partial charge in [0.2, 0.25) is 0 Å². The third-order valence-corrected chi connectivity index (χ3v) is 6.33. The van der Waals surface area contributed by atoms with Crippen LogP contribution in [0.4, 0.5) is 13.2 Å². The van der Waals surface area contributed by atoms with Crippen LogP contribution in [0, 0.1) is 0 Å². The summed E-state index contributed by atoms with van der Waals surface area (Å²) in [5.74, 6) is -0.807. The van der Waals surface area contributed by atoms with Gasteiger partial charge in [0.15, 0.2) is 0 Å². The van der Waals surface area contributed by atoms with Crippen molar-refractivity contribution in [2.24, 2.45) is 0 Å². The van der Waals surface area contributed by atoms with E-state index in [1.165, 1.54) is 29.4 Å². The Morgan fingerprint density at radius 3 is 2.89 bits per heavy atom. The van der Waals surface area contributed by atoms with Gasteiger partial charge in [0.25, 0.3) is 5.89 Å². The van der Waals surface area contributed by atoms with Gasteiger partial charge in [-0.3, -0.25) is 9.78 Å². The number of rotatable bonds is 5. The van der Waals surface area contributed by atoms with Crippen LogP contribution in [0.2, 0.25) is 0 Å². The molecule has 1 N–H and O–H groups in total. The van der Waals surface area contributed by atoms with E-state index >= 15 is 0 Å². The zero-order valence-corrected chi connectivity index (χ0v) is 19.7. The van der Waals surface area contributed by atoms with E-state index in [-0.39, 0.29) is 29.5 Å². The predicted molar refractivity (Wildman–Crippen MR) is 127 cm³/mol. The Bertz CT molecular complexity index is 1670. The fourth-order valence-corrected chi connectivity index (χ4v) is 4.66. The third-order valence-electron chi connectivity index (χ3n) is 6.33. The zero-order chi connectivity index (χ0) is 26.4. The molecule has 5 aromatic rings. The van der Waals surface area contributed by atoms with Gasteiger partial charge < -0.3 is 14.3 Å². The molecule has 6 rings (SSSR count). The number of halogens is 3.